The Morgan fingerprint density at radius 1 is 1.03 bits per heavy atom. The Morgan fingerprint density at radius 2 is 1.76 bits per heavy atom. The van der Waals surface area contributed by atoms with Crippen LogP contribution >= 0.6 is 0 Å². The summed E-state index contributed by atoms with van der Waals surface area (Å²) >= 11 is 0. The highest BCUT2D eigenvalue weighted by molar-refractivity contribution is 7.92. The largest absolute Gasteiger partial charge is 0.470 e. The topological polar surface area (TPSA) is 152 Å². The number of nitrogens with one attached hydrogen (secondary N) is 3. The van der Waals surface area contributed by atoms with Crippen LogP contribution in [0.1, 0.15) is 28.5 Å². The van der Waals surface area contributed by atoms with Crippen molar-refractivity contribution in [3.8, 4) is 5.88 Å². The summed E-state index contributed by atoms with van der Waals surface area (Å²) in [5.74, 6) is -1.12. The maximum atomic E-state index is 12.8. The fraction of sp³-hybridized carbons (Fsp3) is 0.227. The van der Waals surface area contributed by atoms with Crippen molar-refractivity contribution in [3.05, 3.63) is 71.8 Å². The van der Waals surface area contributed by atoms with Crippen molar-refractivity contribution in [1.82, 2.24) is 25.6 Å². The van der Waals surface area contributed by atoms with Crippen molar-refractivity contribution in [2.45, 2.75) is 25.3 Å². The fourth-order valence-electron chi connectivity index (χ4n) is 2.70. The summed E-state index contributed by atoms with van der Waals surface area (Å²) in [5.41, 5.74) is 1.54. The third-order valence-corrected chi connectivity index (χ3v) is 5.77. The van der Waals surface area contributed by atoms with Crippen LogP contribution in [0.5, 0.6) is 5.88 Å². The number of anilines is 1. The van der Waals surface area contributed by atoms with Crippen LogP contribution in [0.25, 0.3) is 0 Å². The summed E-state index contributed by atoms with van der Waals surface area (Å²) in [6, 6.07) is 9.79. The minimum atomic E-state index is -3.98. The van der Waals surface area contributed by atoms with Gasteiger partial charge in [-0.3, -0.25) is 19.3 Å². The van der Waals surface area contributed by atoms with Gasteiger partial charge in [0.2, 0.25) is 11.7 Å². The maximum Gasteiger partial charge on any atom is 0.271 e. The molecule has 34 heavy (non-hydrogen) atoms. The number of carbonyl (C=O) groups excluding carboxylic acids is 2. The van der Waals surface area contributed by atoms with Crippen LogP contribution in [0.2, 0.25) is 0 Å². The van der Waals surface area contributed by atoms with E-state index in [2.05, 4.69) is 30.3 Å². The molecule has 2 aromatic heterocycles. The van der Waals surface area contributed by atoms with E-state index in [4.69, 9.17) is 4.74 Å². The minimum absolute atomic E-state index is 0.0232. The number of aromatic nitrogens is 3. The first-order valence-electron chi connectivity index (χ1n) is 10.3. The summed E-state index contributed by atoms with van der Waals surface area (Å²) in [6.45, 7) is 3.66. The Balaban J connectivity index is 1.82. The second-order valence-electron chi connectivity index (χ2n) is 7.22. The van der Waals surface area contributed by atoms with Crippen LogP contribution in [-0.2, 0) is 21.4 Å². The van der Waals surface area contributed by atoms with Gasteiger partial charge in [-0.1, -0.05) is 23.8 Å². The molecule has 178 valence electrons. The third-order valence-electron chi connectivity index (χ3n) is 4.42. The SMILES string of the molecule is CC(=O)NCCNC(=O)c1cnc(NS(=O)(=O)c2ccc(C)cc2)c(OCc2cccnc2)n1. The van der Waals surface area contributed by atoms with Gasteiger partial charge in [-0.25, -0.2) is 18.4 Å². The lowest BCUT2D eigenvalue weighted by Crippen LogP contribution is -2.34. The number of aryl methyl sites for hydroxylation is 1. The zero-order valence-corrected chi connectivity index (χ0v) is 19.4. The second-order valence-corrected chi connectivity index (χ2v) is 8.90. The van der Waals surface area contributed by atoms with E-state index in [0.29, 0.717) is 5.56 Å². The van der Waals surface area contributed by atoms with Crippen LogP contribution in [-0.4, -0.2) is 48.3 Å². The number of hydrogen-bond acceptors (Lipinski definition) is 8. The van der Waals surface area contributed by atoms with Gasteiger partial charge < -0.3 is 15.4 Å². The van der Waals surface area contributed by atoms with Crippen LogP contribution in [0.15, 0.2) is 59.9 Å². The number of rotatable bonds is 10. The Hall–Kier alpha value is -4.06. The molecule has 0 radical (unpaired) electrons. The van der Waals surface area contributed by atoms with E-state index in [1.54, 1.807) is 36.7 Å². The average molecular weight is 485 g/mol. The molecule has 0 unspecified atom stereocenters. The van der Waals surface area contributed by atoms with Gasteiger partial charge in [-0.15, -0.1) is 0 Å². The normalized spacial score (nSPS) is 10.9. The molecule has 1 aromatic carbocycles. The number of benzene rings is 1. The number of amides is 2. The Morgan fingerprint density at radius 3 is 2.44 bits per heavy atom. The number of sulfonamides is 1. The molecular weight excluding hydrogens is 460 g/mol. The van der Waals surface area contributed by atoms with Gasteiger partial charge in [0, 0.05) is 38.0 Å². The average Bonchev–Trinajstić information content (AvgIpc) is 2.81. The number of hydrogen-bond donors (Lipinski definition) is 3. The first kappa shape index (κ1) is 24.6. The summed E-state index contributed by atoms with van der Waals surface area (Å²) in [7, 11) is -3.98. The molecule has 3 N–H and O–H groups in total. The lowest BCUT2D eigenvalue weighted by Gasteiger charge is -2.13. The zero-order chi connectivity index (χ0) is 24.6. The maximum absolute atomic E-state index is 12.8. The lowest BCUT2D eigenvalue weighted by atomic mass is 10.2. The summed E-state index contributed by atoms with van der Waals surface area (Å²) < 4.78 is 33.7. The van der Waals surface area contributed by atoms with Crippen molar-refractivity contribution in [1.29, 1.82) is 0 Å². The molecule has 0 spiro atoms. The number of carbonyl (C=O) groups is 2. The van der Waals surface area contributed by atoms with E-state index in [0.717, 1.165) is 11.8 Å². The molecule has 0 aliphatic rings. The van der Waals surface area contributed by atoms with Crippen LogP contribution in [0.4, 0.5) is 5.82 Å². The van der Waals surface area contributed by atoms with Gasteiger partial charge in [-0.05, 0) is 25.1 Å². The van der Waals surface area contributed by atoms with Crippen LogP contribution in [0, 0.1) is 6.92 Å². The Kier molecular flexibility index (Phi) is 8.09. The predicted molar refractivity (Wildman–Crippen MR) is 124 cm³/mol. The number of ether oxygens (including phenoxy) is 1. The smallest absolute Gasteiger partial charge is 0.271 e. The molecule has 0 aliphatic carbocycles. The summed E-state index contributed by atoms with van der Waals surface area (Å²) in [5, 5.41) is 5.15. The van der Waals surface area contributed by atoms with Crippen LogP contribution < -0.4 is 20.1 Å². The highest BCUT2D eigenvalue weighted by Crippen LogP contribution is 2.24. The monoisotopic (exact) mass is 484 g/mol. The molecule has 2 heterocycles. The number of pyridine rings is 1. The zero-order valence-electron chi connectivity index (χ0n) is 18.6. The second kappa shape index (κ2) is 11.2. The van der Waals surface area contributed by atoms with Gasteiger partial charge >= 0.3 is 0 Å². The molecule has 0 saturated heterocycles. The van der Waals surface area contributed by atoms with Gasteiger partial charge in [-0.2, -0.15) is 0 Å². The van der Waals surface area contributed by atoms with E-state index in [1.807, 2.05) is 6.92 Å². The minimum Gasteiger partial charge on any atom is -0.470 e. The molecular formula is C22H24N6O5S. The first-order chi connectivity index (χ1) is 16.2. The molecule has 3 aromatic rings. The molecule has 12 heteroatoms. The lowest BCUT2D eigenvalue weighted by molar-refractivity contribution is -0.118. The Labute approximate surface area is 197 Å². The highest BCUT2D eigenvalue weighted by Gasteiger charge is 2.21. The van der Waals surface area contributed by atoms with Gasteiger partial charge in [0.05, 0.1) is 11.1 Å². The van der Waals surface area contributed by atoms with Gasteiger partial charge in [0.25, 0.3) is 21.8 Å². The van der Waals surface area contributed by atoms with Crippen molar-refractivity contribution in [2.75, 3.05) is 17.8 Å². The summed E-state index contributed by atoms with van der Waals surface area (Å²) in [4.78, 5) is 35.7. The van der Waals surface area contributed by atoms with Crippen molar-refractivity contribution in [3.63, 3.8) is 0 Å². The molecule has 0 bridgehead atoms. The molecule has 11 nitrogen and oxygen atoms in total. The first-order valence-corrected chi connectivity index (χ1v) is 11.7. The molecule has 0 saturated carbocycles. The van der Waals surface area contributed by atoms with Crippen LogP contribution in [0.3, 0.4) is 0 Å². The molecule has 0 aliphatic heterocycles. The third kappa shape index (κ3) is 6.97. The standard InChI is InChI=1S/C22H24N6O5S/c1-15-5-7-18(8-6-15)34(31,32)28-20-22(33-14-17-4-3-9-23-12-17)27-19(13-26-20)21(30)25-11-10-24-16(2)29/h3-9,12-13H,10-11,14H2,1-2H3,(H,24,29)(H,25,30)(H,26,28). The Bertz CT molecular complexity index is 1250. The van der Waals surface area contributed by atoms with Gasteiger partial charge in [0.15, 0.2) is 5.69 Å². The molecule has 2 amide bonds. The molecule has 3 rings (SSSR count). The van der Waals surface area contributed by atoms with E-state index < -0.39 is 15.9 Å². The predicted octanol–water partition coefficient (Wildman–Crippen LogP) is 1.43. The molecule has 0 fully saturated rings. The fourth-order valence-corrected chi connectivity index (χ4v) is 3.70. The van der Waals surface area contributed by atoms with Crippen molar-refractivity contribution < 1.29 is 22.7 Å². The number of nitrogens with zero attached hydrogens (tertiary/aromatic N) is 3. The van der Waals surface area contributed by atoms with Gasteiger partial charge in [0.1, 0.15) is 6.61 Å². The van der Waals surface area contributed by atoms with Crippen molar-refractivity contribution >= 4 is 27.7 Å². The van der Waals surface area contributed by atoms with E-state index >= 15 is 0 Å². The summed E-state index contributed by atoms with van der Waals surface area (Å²) in [6.07, 6.45) is 4.33. The van der Waals surface area contributed by atoms with E-state index in [-0.39, 0.29) is 47.9 Å². The highest BCUT2D eigenvalue weighted by atomic mass is 32.2. The van der Waals surface area contributed by atoms with E-state index in [1.165, 1.54) is 19.1 Å². The quantitative estimate of drug-likeness (QED) is 0.365. The van der Waals surface area contributed by atoms with E-state index in [9.17, 15) is 18.0 Å². The molecule has 0 atom stereocenters. The van der Waals surface area contributed by atoms with Crippen molar-refractivity contribution in [2.24, 2.45) is 0 Å².